The van der Waals surface area contributed by atoms with E-state index in [4.69, 9.17) is 0 Å². The van der Waals surface area contributed by atoms with Crippen molar-refractivity contribution >= 4 is 21.5 Å². The van der Waals surface area contributed by atoms with Crippen molar-refractivity contribution in [2.24, 2.45) is 0 Å². The lowest BCUT2D eigenvalue weighted by Crippen LogP contribution is -2.35. The summed E-state index contributed by atoms with van der Waals surface area (Å²) in [5, 5.41) is 0. The summed E-state index contributed by atoms with van der Waals surface area (Å²) in [6.45, 7) is 1.89. The van der Waals surface area contributed by atoms with E-state index in [9.17, 15) is 13.2 Å². The van der Waals surface area contributed by atoms with Crippen LogP contribution >= 0.6 is 0 Å². The second-order valence-corrected chi connectivity index (χ2v) is 6.09. The molecule has 0 unspecified atom stereocenters. The largest absolute Gasteiger partial charge is 0.294 e. The molecule has 0 aliphatic carbocycles. The minimum atomic E-state index is -3.30. The summed E-state index contributed by atoms with van der Waals surface area (Å²) in [6, 6.07) is 1.62. The molecule has 0 fully saturated rings. The molecule has 6 heteroatoms. The fourth-order valence-corrected chi connectivity index (χ4v) is 2.91. The molecule has 1 aliphatic heterocycles. The van der Waals surface area contributed by atoms with Gasteiger partial charge in [0.15, 0.2) is 5.78 Å². The van der Waals surface area contributed by atoms with Gasteiger partial charge in [0.25, 0.3) is 0 Å². The molecule has 0 aromatic carbocycles. The van der Waals surface area contributed by atoms with Crippen LogP contribution in [0.2, 0.25) is 0 Å². The zero-order valence-corrected chi connectivity index (χ0v) is 10.6. The van der Waals surface area contributed by atoms with E-state index in [-0.39, 0.29) is 5.78 Å². The predicted octanol–water partition coefficient (Wildman–Crippen LogP) is 0.996. The predicted molar refractivity (Wildman–Crippen MR) is 64.8 cm³/mol. The van der Waals surface area contributed by atoms with Crippen molar-refractivity contribution < 1.29 is 13.2 Å². The fraction of sp³-hybridized carbons (Fsp3) is 0.455. The van der Waals surface area contributed by atoms with Crippen LogP contribution in [0.5, 0.6) is 0 Å². The number of aromatic nitrogens is 1. The Morgan fingerprint density at radius 1 is 1.47 bits per heavy atom. The normalized spacial score (nSPS) is 15.5. The number of fused-ring (bicyclic) bond motifs is 1. The molecule has 1 aromatic heterocycles. The lowest BCUT2D eigenvalue weighted by atomic mass is 10.1. The van der Waals surface area contributed by atoms with Gasteiger partial charge < -0.3 is 0 Å². The Balaban J connectivity index is 2.56. The van der Waals surface area contributed by atoms with Crippen molar-refractivity contribution in [3.8, 4) is 0 Å². The average Bonchev–Trinajstić information content (AvgIpc) is 2.26. The molecule has 1 aliphatic rings. The molecule has 0 saturated carbocycles. The SMILES string of the molecule is CC(=O)c1cnc2c(c1)N(S(C)(=O)=O)CCC2. The molecule has 0 radical (unpaired) electrons. The van der Waals surface area contributed by atoms with Gasteiger partial charge in [-0.3, -0.25) is 14.1 Å². The van der Waals surface area contributed by atoms with Gasteiger partial charge >= 0.3 is 0 Å². The van der Waals surface area contributed by atoms with E-state index in [2.05, 4.69) is 4.98 Å². The number of anilines is 1. The highest BCUT2D eigenvalue weighted by molar-refractivity contribution is 7.92. The molecular weight excluding hydrogens is 240 g/mol. The van der Waals surface area contributed by atoms with Crippen LogP contribution in [0, 0.1) is 0 Å². The third-order valence-electron chi connectivity index (χ3n) is 2.80. The van der Waals surface area contributed by atoms with Gasteiger partial charge in [-0.15, -0.1) is 0 Å². The Labute approximate surface area is 101 Å². The van der Waals surface area contributed by atoms with Crippen molar-refractivity contribution in [2.45, 2.75) is 19.8 Å². The van der Waals surface area contributed by atoms with Crippen molar-refractivity contribution in [3.63, 3.8) is 0 Å². The van der Waals surface area contributed by atoms with Gasteiger partial charge in [0, 0.05) is 18.3 Å². The standard InChI is InChI=1S/C11H14N2O3S/c1-8(14)9-6-11-10(12-7-9)4-3-5-13(11)17(2,15)16/h6-7H,3-5H2,1-2H3. The second-order valence-electron chi connectivity index (χ2n) is 4.18. The Bertz CT molecular complexity index is 566. The van der Waals surface area contributed by atoms with Gasteiger partial charge in [0.05, 0.1) is 17.6 Å². The lowest BCUT2D eigenvalue weighted by Gasteiger charge is -2.28. The van der Waals surface area contributed by atoms with Gasteiger partial charge in [-0.1, -0.05) is 0 Å². The van der Waals surface area contributed by atoms with Crippen molar-refractivity contribution in [3.05, 3.63) is 23.5 Å². The number of pyridine rings is 1. The maximum absolute atomic E-state index is 11.6. The Hall–Kier alpha value is -1.43. The number of ketones is 1. The maximum atomic E-state index is 11.6. The van der Waals surface area contributed by atoms with Gasteiger partial charge in [0.1, 0.15) is 0 Å². The number of carbonyl (C=O) groups excluding carboxylic acids is 1. The summed E-state index contributed by atoms with van der Waals surface area (Å²) in [4.78, 5) is 15.5. The van der Waals surface area contributed by atoms with Crippen LogP contribution in [0.25, 0.3) is 0 Å². The van der Waals surface area contributed by atoms with E-state index in [1.54, 1.807) is 6.07 Å². The monoisotopic (exact) mass is 254 g/mol. The maximum Gasteiger partial charge on any atom is 0.232 e. The zero-order valence-electron chi connectivity index (χ0n) is 9.80. The molecule has 1 aromatic rings. The molecule has 2 heterocycles. The van der Waals surface area contributed by atoms with Crippen LogP contribution < -0.4 is 4.31 Å². The van der Waals surface area contributed by atoms with E-state index in [1.165, 1.54) is 23.7 Å². The average molecular weight is 254 g/mol. The van der Waals surface area contributed by atoms with Gasteiger partial charge in [-0.05, 0) is 25.8 Å². The first kappa shape index (κ1) is 12.0. The third-order valence-corrected chi connectivity index (χ3v) is 3.98. The molecule has 92 valence electrons. The smallest absolute Gasteiger partial charge is 0.232 e. The summed E-state index contributed by atoms with van der Waals surface area (Å²) in [7, 11) is -3.30. The fourth-order valence-electron chi connectivity index (χ4n) is 1.94. The van der Waals surface area contributed by atoms with E-state index in [0.717, 1.165) is 18.5 Å². The van der Waals surface area contributed by atoms with Crippen LogP contribution in [0.4, 0.5) is 5.69 Å². The molecule has 0 amide bonds. The second kappa shape index (κ2) is 4.10. The molecular formula is C11H14N2O3S. The van der Waals surface area contributed by atoms with Crippen molar-refractivity contribution in [1.29, 1.82) is 0 Å². The van der Waals surface area contributed by atoms with E-state index < -0.39 is 10.0 Å². The number of nitrogens with zero attached hydrogens (tertiary/aromatic N) is 2. The molecule has 17 heavy (non-hydrogen) atoms. The summed E-state index contributed by atoms with van der Waals surface area (Å²) in [6.07, 6.45) is 4.18. The number of hydrogen-bond donors (Lipinski definition) is 0. The van der Waals surface area contributed by atoms with E-state index in [1.807, 2.05) is 0 Å². The molecule has 2 rings (SSSR count). The number of hydrogen-bond acceptors (Lipinski definition) is 4. The number of carbonyl (C=O) groups is 1. The van der Waals surface area contributed by atoms with Crippen LogP contribution in [0.3, 0.4) is 0 Å². The van der Waals surface area contributed by atoms with Gasteiger partial charge in [-0.2, -0.15) is 0 Å². The van der Waals surface area contributed by atoms with Gasteiger partial charge in [-0.25, -0.2) is 8.42 Å². The number of aryl methyl sites for hydroxylation is 1. The molecule has 0 spiro atoms. The molecule has 0 atom stereocenters. The van der Waals surface area contributed by atoms with E-state index >= 15 is 0 Å². The van der Waals surface area contributed by atoms with Gasteiger partial charge in [0.2, 0.25) is 10.0 Å². The minimum Gasteiger partial charge on any atom is -0.294 e. The first-order valence-electron chi connectivity index (χ1n) is 5.37. The van der Waals surface area contributed by atoms with Crippen molar-refractivity contribution in [2.75, 3.05) is 17.1 Å². The number of rotatable bonds is 2. The third kappa shape index (κ3) is 2.31. The first-order valence-corrected chi connectivity index (χ1v) is 7.22. The molecule has 5 nitrogen and oxygen atoms in total. The Kier molecular flexibility index (Phi) is 2.91. The quantitative estimate of drug-likeness (QED) is 0.738. The Morgan fingerprint density at radius 3 is 2.76 bits per heavy atom. The molecule has 0 saturated heterocycles. The number of Topliss-reactive ketones (excluding diaryl/α,β-unsaturated/α-hetero) is 1. The highest BCUT2D eigenvalue weighted by atomic mass is 32.2. The van der Waals surface area contributed by atoms with Crippen LogP contribution in [0.1, 0.15) is 29.4 Å². The first-order chi connectivity index (χ1) is 7.89. The van der Waals surface area contributed by atoms with Crippen LogP contribution in [0.15, 0.2) is 12.3 Å². The lowest BCUT2D eigenvalue weighted by molar-refractivity contribution is 0.101. The van der Waals surface area contributed by atoms with Crippen LogP contribution in [-0.2, 0) is 16.4 Å². The summed E-state index contributed by atoms with van der Waals surface area (Å²) in [5.74, 6) is -0.112. The topological polar surface area (TPSA) is 67.3 Å². The molecule has 0 N–H and O–H groups in total. The Morgan fingerprint density at radius 2 is 2.18 bits per heavy atom. The summed E-state index contributed by atoms with van der Waals surface area (Å²) >= 11 is 0. The minimum absolute atomic E-state index is 0.112. The molecule has 0 bridgehead atoms. The summed E-state index contributed by atoms with van der Waals surface area (Å²) < 4.78 is 24.6. The summed E-state index contributed by atoms with van der Waals surface area (Å²) in [5.41, 5.74) is 1.73. The number of sulfonamides is 1. The van der Waals surface area contributed by atoms with E-state index in [0.29, 0.717) is 17.8 Å². The highest BCUT2D eigenvalue weighted by Crippen LogP contribution is 2.28. The van der Waals surface area contributed by atoms with Crippen LogP contribution in [-0.4, -0.2) is 32.0 Å². The van der Waals surface area contributed by atoms with Crippen molar-refractivity contribution in [1.82, 2.24) is 4.98 Å². The highest BCUT2D eigenvalue weighted by Gasteiger charge is 2.25. The zero-order chi connectivity index (χ0) is 12.6.